The van der Waals surface area contributed by atoms with E-state index in [4.69, 9.17) is 0 Å². The summed E-state index contributed by atoms with van der Waals surface area (Å²) in [5.41, 5.74) is 0. The van der Waals surface area contributed by atoms with E-state index in [0.717, 1.165) is 51.9 Å². The van der Waals surface area contributed by atoms with Crippen LogP contribution in [0.5, 0.6) is 0 Å². The number of rotatable bonds is 6. The summed E-state index contributed by atoms with van der Waals surface area (Å²) < 4.78 is 0. The number of hydrogen-bond acceptors (Lipinski definition) is 3. The van der Waals surface area contributed by atoms with Gasteiger partial charge in [-0.15, -0.1) is 0 Å². The van der Waals surface area contributed by atoms with Gasteiger partial charge in [0.05, 0.1) is 0 Å². The van der Waals surface area contributed by atoms with Gasteiger partial charge in [-0.1, -0.05) is 6.92 Å². The van der Waals surface area contributed by atoms with Gasteiger partial charge in [-0.3, -0.25) is 9.59 Å². The van der Waals surface area contributed by atoms with Crippen LogP contribution < -0.4 is 10.6 Å². The highest BCUT2D eigenvalue weighted by molar-refractivity contribution is 5.88. The molecule has 2 N–H and O–H groups in total. The van der Waals surface area contributed by atoms with Gasteiger partial charge in [-0.2, -0.15) is 0 Å². The molecule has 2 fully saturated rings. The Labute approximate surface area is 121 Å². The van der Waals surface area contributed by atoms with Crippen molar-refractivity contribution in [2.24, 2.45) is 5.92 Å². The molecule has 114 valence electrons. The number of amides is 2. The monoisotopic (exact) mass is 281 g/mol. The first-order valence-corrected chi connectivity index (χ1v) is 8.00. The SMILES string of the molecule is CCCC(=O)N1CCCC1C(=O)NCCC1CCNC1. The van der Waals surface area contributed by atoms with Crippen molar-refractivity contribution in [2.75, 3.05) is 26.2 Å². The molecule has 0 aromatic carbocycles. The van der Waals surface area contributed by atoms with Gasteiger partial charge in [0.15, 0.2) is 0 Å². The van der Waals surface area contributed by atoms with Crippen LogP contribution in [-0.4, -0.2) is 48.9 Å². The number of nitrogens with zero attached hydrogens (tertiary/aromatic N) is 1. The third-order valence-electron chi connectivity index (χ3n) is 4.35. The molecule has 5 heteroatoms. The number of carbonyl (C=O) groups is 2. The summed E-state index contributed by atoms with van der Waals surface area (Å²) in [5, 5.41) is 6.35. The van der Waals surface area contributed by atoms with Crippen LogP contribution in [-0.2, 0) is 9.59 Å². The Morgan fingerprint density at radius 3 is 2.90 bits per heavy atom. The van der Waals surface area contributed by atoms with Crippen LogP contribution in [0, 0.1) is 5.92 Å². The summed E-state index contributed by atoms with van der Waals surface area (Å²) in [4.78, 5) is 26.0. The molecule has 0 saturated carbocycles. The number of likely N-dealkylation sites (tertiary alicyclic amines) is 1. The molecule has 2 atom stereocenters. The van der Waals surface area contributed by atoms with E-state index in [-0.39, 0.29) is 17.9 Å². The normalized spacial score (nSPS) is 25.9. The summed E-state index contributed by atoms with van der Waals surface area (Å²) in [6, 6.07) is -0.226. The fraction of sp³-hybridized carbons (Fsp3) is 0.867. The molecule has 2 saturated heterocycles. The zero-order valence-electron chi connectivity index (χ0n) is 12.5. The fourth-order valence-corrected chi connectivity index (χ4v) is 3.17. The molecule has 5 nitrogen and oxygen atoms in total. The Morgan fingerprint density at radius 2 is 2.20 bits per heavy atom. The van der Waals surface area contributed by atoms with Crippen LogP contribution in [0.4, 0.5) is 0 Å². The zero-order chi connectivity index (χ0) is 14.4. The van der Waals surface area contributed by atoms with Crippen LogP contribution >= 0.6 is 0 Å². The smallest absolute Gasteiger partial charge is 0.242 e. The average Bonchev–Trinajstić information content (AvgIpc) is 3.10. The lowest BCUT2D eigenvalue weighted by atomic mass is 10.1. The Balaban J connectivity index is 1.74. The third-order valence-corrected chi connectivity index (χ3v) is 4.35. The predicted octanol–water partition coefficient (Wildman–Crippen LogP) is 0.893. The van der Waals surface area contributed by atoms with Crippen molar-refractivity contribution in [2.45, 2.75) is 51.5 Å². The molecule has 0 aromatic rings. The molecule has 0 radical (unpaired) electrons. The van der Waals surface area contributed by atoms with E-state index < -0.39 is 0 Å². The summed E-state index contributed by atoms with van der Waals surface area (Å²) in [6.07, 6.45) is 5.40. The summed E-state index contributed by atoms with van der Waals surface area (Å²) in [7, 11) is 0. The lowest BCUT2D eigenvalue weighted by Gasteiger charge is -2.24. The first-order valence-electron chi connectivity index (χ1n) is 8.00. The molecule has 2 amide bonds. The van der Waals surface area contributed by atoms with Gasteiger partial charge in [-0.25, -0.2) is 0 Å². The highest BCUT2D eigenvalue weighted by Gasteiger charge is 2.33. The van der Waals surface area contributed by atoms with Gasteiger partial charge < -0.3 is 15.5 Å². The Hall–Kier alpha value is -1.10. The molecule has 2 aliphatic heterocycles. The van der Waals surface area contributed by atoms with Gasteiger partial charge in [0.1, 0.15) is 6.04 Å². The highest BCUT2D eigenvalue weighted by Crippen LogP contribution is 2.19. The van der Waals surface area contributed by atoms with Crippen molar-refractivity contribution in [1.82, 2.24) is 15.5 Å². The molecule has 20 heavy (non-hydrogen) atoms. The van der Waals surface area contributed by atoms with Crippen LogP contribution in [0.15, 0.2) is 0 Å². The second kappa shape index (κ2) is 7.62. The molecule has 2 heterocycles. The van der Waals surface area contributed by atoms with Crippen molar-refractivity contribution in [1.29, 1.82) is 0 Å². The standard InChI is InChI=1S/C15H27N3O2/c1-2-4-14(19)18-10-3-5-13(18)15(20)17-9-7-12-6-8-16-11-12/h12-13,16H,2-11H2,1H3,(H,17,20). The van der Waals surface area contributed by atoms with Gasteiger partial charge >= 0.3 is 0 Å². The van der Waals surface area contributed by atoms with Gasteiger partial charge in [0, 0.05) is 19.5 Å². The molecule has 2 rings (SSSR count). The number of carbonyl (C=O) groups excluding carboxylic acids is 2. The van der Waals surface area contributed by atoms with Crippen molar-refractivity contribution in [3.63, 3.8) is 0 Å². The zero-order valence-corrected chi connectivity index (χ0v) is 12.5. The van der Waals surface area contributed by atoms with Gasteiger partial charge in [0.25, 0.3) is 0 Å². The van der Waals surface area contributed by atoms with Gasteiger partial charge in [0.2, 0.25) is 11.8 Å². The maximum Gasteiger partial charge on any atom is 0.242 e. The van der Waals surface area contributed by atoms with E-state index in [1.165, 1.54) is 6.42 Å². The van der Waals surface area contributed by atoms with E-state index >= 15 is 0 Å². The Kier molecular flexibility index (Phi) is 5.83. The minimum atomic E-state index is -0.226. The second-order valence-corrected chi connectivity index (χ2v) is 5.93. The number of nitrogens with one attached hydrogen (secondary N) is 2. The van der Waals surface area contributed by atoms with Crippen molar-refractivity contribution in [3.8, 4) is 0 Å². The Bertz CT molecular complexity index is 340. The third kappa shape index (κ3) is 3.95. The molecule has 0 aliphatic carbocycles. The van der Waals surface area contributed by atoms with E-state index in [1.807, 2.05) is 6.92 Å². The largest absolute Gasteiger partial charge is 0.354 e. The van der Waals surface area contributed by atoms with Gasteiger partial charge in [-0.05, 0) is 51.1 Å². The minimum Gasteiger partial charge on any atom is -0.354 e. The van der Waals surface area contributed by atoms with E-state index in [2.05, 4.69) is 10.6 Å². The number of hydrogen-bond donors (Lipinski definition) is 2. The van der Waals surface area contributed by atoms with Crippen LogP contribution in [0.25, 0.3) is 0 Å². The molecular formula is C15H27N3O2. The molecule has 2 aliphatic rings. The minimum absolute atomic E-state index is 0.0397. The Morgan fingerprint density at radius 1 is 1.35 bits per heavy atom. The summed E-state index contributed by atoms with van der Waals surface area (Å²) in [6.45, 7) is 5.64. The fourth-order valence-electron chi connectivity index (χ4n) is 3.17. The first kappa shape index (κ1) is 15.3. The van der Waals surface area contributed by atoms with Crippen molar-refractivity contribution in [3.05, 3.63) is 0 Å². The van der Waals surface area contributed by atoms with Crippen molar-refractivity contribution >= 4 is 11.8 Å². The predicted molar refractivity (Wildman–Crippen MR) is 78.2 cm³/mol. The van der Waals surface area contributed by atoms with E-state index in [9.17, 15) is 9.59 Å². The quantitative estimate of drug-likeness (QED) is 0.760. The maximum atomic E-state index is 12.2. The molecular weight excluding hydrogens is 254 g/mol. The summed E-state index contributed by atoms with van der Waals surface area (Å²) in [5.74, 6) is 0.861. The lowest BCUT2D eigenvalue weighted by Crippen LogP contribution is -2.46. The van der Waals surface area contributed by atoms with E-state index in [1.54, 1.807) is 4.90 Å². The highest BCUT2D eigenvalue weighted by atomic mass is 16.2. The van der Waals surface area contributed by atoms with E-state index in [0.29, 0.717) is 12.3 Å². The van der Waals surface area contributed by atoms with Crippen LogP contribution in [0.1, 0.15) is 45.4 Å². The molecule has 0 aromatic heterocycles. The first-order chi connectivity index (χ1) is 9.72. The second-order valence-electron chi connectivity index (χ2n) is 5.93. The lowest BCUT2D eigenvalue weighted by molar-refractivity contribution is -0.138. The van der Waals surface area contributed by atoms with Crippen molar-refractivity contribution < 1.29 is 9.59 Å². The van der Waals surface area contributed by atoms with Crippen LogP contribution in [0.3, 0.4) is 0 Å². The average molecular weight is 281 g/mol. The molecule has 0 bridgehead atoms. The topological polar surface area (TPSA) is 61.4 Å². The maximum absolute atomic E-state index is 12.2. The molecule has 2 unspecified atom stereocenters. The summed E-state index contributed by atoms with van der Waals surface area (Å²) >= 11 is 0. The molecule has 0 spiro atoms. The van der Waals surface area contributed by atoms with Crippen LogP contribution in [0.2, 0.25) is 0 Å².